The van der Waals surface area contributed by atoms with Crippen molar-refractivity contribution in [1.29, 1.82) is 0 Å². The van der Waals surface area contributed by atoms with Gasteiger partial charge in [-0.05, 0) is 85.9 Å². The molecule has 0 radical (unpaired) electrons. The Labute approximate surface area is 288 Å². The summed E-state index contributed by atoms with van der Waals surface area (Å²) in [4.78, 5) is 44.3. The van der Waals surface area contributed by atoms with E-state index < -0.39 is 11.2 Å². The van der Waals surface area contributed by atoms with Gasteiger partial charge in [0.25, 0.3) is 0 Å². The number of likely N-dealkylation sites (N-methyl/N-ethyl adjacent to an activating group) is 1. The number of nitrogens with zero attached hydrogens (tertiary/aromatic N) is 6. The number of benzene rings is 1. The number of piperazine rings is 1. The van der Waals surface area contributed by atoms with Crippen molar-refractivity contribution < 1.29 is 19.1 Å². The third-order valence-electron chi connectivity index (χ3n) is 8.64. The number of amides is 2. The van der Waals surface area contributed by atoms with Gasteiger partial charge >= 0.3 is 12.2 Å². The van der Waals surface area contributed by atoms with Crippen LogP contribution >= 0.6 is 0 Å². The van der Waals surface area contributed by atoms with Crippen LogP contribution in [0.1, 0.15) is 96.9 Å². The zero-order chi connectivity index (χ0) is 34.9. The first-order chi connectivity index (χ1) is 22.6. The summed E-state index contributed by atoms with van der Waals surface area (Å²) < 4.78 is 11.6. The Morgan fingerprint density at radius 1 is 0.854 bits per heavy atom. The normalized spacial score (nSPS) is 16.4. The van der Waals surface area contributed by atoms with Crippen molar-refractivity contribution in [1.82, 2.24) is 24.7 Å². The van der Waals surface area contributed by atoms with E-state index in [4.69, 9.17) is 14.5 Å². The maximum absolute atomic E-state index is 13.3. The largest absolute Gasteiger partial charge is 0.444 e. The first-order valence-electron chi connectivity index (χ1n) is 17.7. The molecule has 11 nitrogen and oxygen atoms in total. The van der Waals surface area contributed by atoms with Crippen molar-refractivity contribution in [3.63, 3.8) is 0 Å². The number of rotatable bonds is 11. The Bertz CT molecular complexity index is 1320. The molecular weight excluding hydrogens is 606 g/mol. The Morgan fingerprint density at radius 2 is 1.46 bits per heavy atom. The smallest absolute Gasteiger partial charge is 0.410 e. The summed E-state index contributed by atoms with van der Waals surface area (Å²) in [6.07, 6.45) is 5.43. The van der Waals surface area contributed by atoms with Gasteiger partial charge in [0.1, 0.15) is 17.0 Å². The average molecular weight is 666 g/mol. The van der Waals surface area contributed by atoms with Crippen molar-refractivity contribution in [3.05, 3.63) is 47.2 Å². The predicted molar refractivity (Wildman–Crippen MR) is 191 cm³/mol. The third-order valence-corrected chi connectivity index (χ3v) is 8.64. The van der Waals surface area contributed by atoms with E-state index in [-0.39, 0.29) is 18.2 Å². The molecule has 2 fully saturated rings. The second-order valence-corrected chi connectivity index (χ2v) is 15.4. The van der Waals surface area contributed by atoms with E-state index in [1.54, 1.807) is 4.90 Å². The standard InChI is InChI=1S/C37H59N7O4/c1-28-25-32(42-23-21-41(8)22-24-42)40-33(39-28)38-26-29-15-17-30(18-16-29)27-43(34(45)47-36(2,3)4)19-12-20-44(31-13-10-9-11-14-31)35(46)48-37(5,6)7/h15-18,25,31H,9-14,19-24,26-27H2,1-8H3,(H,38,39,40). The van der Waals surface area contributed by atoms with Crippen LogP contribution in [-0.4, -0.2) is 100 Å². The highest BCUT2D eigenvalue weighted by Crippen LogP contribution is 2.25. The number of ether oxygens (including phenoxy) is 2. The molecule has 1 saturated heterocycles. The van der Waals surface area contributed by atoms with Crippen LogP contribution in [0.15, 0.2) is 30.3 Å². The van der Waals surface area contributed by atoms with Gasteiger partial charge in [-0.1, -0.05) is 43.5 Å². The number of carbonyl (C=O) groups excluding carboxylic acids is 2. The second kappa shape index (κ2) is 16.7. The summed E-state index contributed by atoms with van der Waals surface area (Å²) in [6, 6.07) is 10.5. The van der Waals surface area contributed by atoms with E-state index in [0.29, 0.717) is 38.5 Å². The van der Waals surface area contributed by atoms with Gasteiger partial charge in [-0.25, -0.2) is 14.6 Å². The molecule has 0 bridgehead atoms. The van der Waals surface area contributed by atoms with Crippen LogP contribution in [0, 0.1) is 6.92 Å². The van der Waals surface area contributed by atoms with Crippen LogP contribution < -0.4 is 10.2 Å². The molecule has 4 rings (SSSR count). The van der Waals surface area contributed by atoms with Crippen LogP contribution in [0.3, 0.4) is 0 Å². The maximum Gasteiger partial charge on any atom is 0.410 e. The summed E-state index contributed by atoms with van der Waals surface area (Å²) in [5, 5.41) is 3.40. The van der Waals surface area contributed by atoms with Crippen molar-refractivity contribution in [2.24, 2.45) is 0 Å². The van der Waals surface area contributed by atoms with E-state index in [1.165, 1.54) is 6.42 Å². The molecule has 2 aromatic rings. The fourth-order valence-corrected chi connectivity index (χ4v) is 6.12. The molecule has 1 aliphatic carbocycles. The van der Waals surface area contributed by atoms with Crippen LogP contribution in [0.4, 0.5) is 21.4 Å². The van der Waals surface area contributed by atoms with Crippen LogP contribution in [0.2, 0.25) is 0 Å². The molecular formula is C37H59N7O4. The average Bonchev–Trinajstić information content (AvgIpc) is 3.01. The Balaban J connectivity index is 1.38. The van der Waals surface area contributed by atoms with E-state index in [1.807, 2.05) is 59.4 Å². The molecule has 48 heavy (non-hydrogen) atoms. The van der Waals surface area contributed by atoms with Gasteiger partial charge in [-0.15, -0.1) is 0 Å². The SMILES string of the molecule is Cc1cc(N2CCN(C)CC2)nc(NCc2ccc(CN(CCCN(C(=O)OC(C)(C)C)C3CCCCC3)C(=O)OC(C)(C)C)cc2)n1. The van der Waals surface area contributed by atoms with Crippen LogP contribution in [0.5, 0.6) is 0 Å². The number of hydrogen-bond donors (Lipinski definition) is 1. The number of aryl methyl sites for hydroxylation is 1. The van der Waals surface area contributed by atoms with Gasteiger partial charge in [-0.3, -0.25) is 0 Å². The second-order valence-electron chi connectivity index (χ2n) is 15.4. The lowest BCUT2D eigenvalue weighted by molar-refractivity contribution is 0.00970. The first-order valence-corrected chi connectivity index (χ1v) is 17.7. The van der Waals surface area contributed by atoms with Crippen molar-refractivity contribution in [3.8, 4) is 0 Å². The van der Waals surface area contributed by atoms with Crippen molar-refractivity contribution in [2.75, 3.05) is 56.5 Å². The Kier molecular flexibility index (Phi) is 12.9. The van der Waals surface area contributed by atoms with Crippen molar-refractivity contribution >= 4 is 24.0 Å². The minimum atomic E-state index is -0.614. The minimum absolute atomic E-state index is 0.174. The van der Waals surface area contributed by atoms with Gasteiger partial charge in [0.15, 0.2) is 0 Å². The van der Waals surface area contributed by atoms with Crippen LogP contribution in [0.25, 0.3) is 0 Å². The lowest BCUT2D eigenvalue weighted by Gasteiger charge is -2.36. The number of nitrogens with one attached hydrogen (secondary N) is 1. The predicted octanol–water partition coefficient (Wildman–Crippen LogP) is 6.85. The summed E-state index contributed by atoms with van der Waals surface area (Å²) in [6.45, 7) is 19.3. The summed E-state index contributed by atoms with van der Waals surface area (Å²) in [5.41, 5.74) is 1.86. The topological polar surface area (TPSA) is 103 Å². The van der Waals surface area contributed by atoms with Gasteiger partial charge < -0.3 is 34.4 Å². The molecule has 1 N–H and O–H groups in total. The quantitative estimate of drug-likeness (QED) is 0.276. The van der Waals surface area contributed by atoms with Crippen LogP contribution in [-0.2, 0) is 22.6 Å². The highest BCUT2D eigenvalue weighted by Gasteiger charge is 2.30. The molecule has 266 valence electrons. The molecule has 0 unspecified atom stereocenters. The number of aromatic nitrogens is 2. The summed E-state index contributed by atoms with van der Waals surface area (Å²) >= 11 is 0. The molecule has 2 amide bonds. The minimum Gasteiger partial charge on any atom is -0.444 e. The molecule has 1 aromatic heterocycles. The van der Waals surface area contributed by atoms with Gasteiger partial charge in [0.2, 0.25) is 5.95 Å². The Morgan fingerprint density at radius 3 is 2.08 bits per heavy atom. The number of hydrogen-bond acceptors (Lipinski definition) is 9. The fourth-order valence-electron chi connectivity index (χ4n) is 6.12. The molecule has 11 heteroatoms. The lowest BCUT2D eigenvalue weighted by Crippen LogP contribution is -2.45. The molecule has 1 saturated carbocycles. The number of carbonyl (C=O) groups is 2. The highest BCUT2D eigenvalue weighted by atomic mass is 16.6. The zero-order valence-corrected chi connectivity index (χ0v) is 30.7. The lowest BCUT2D eigenvalue weighted by atomic mass is 9.94. The van der Waals surface area contributed by atoms with E-state index in [2.05, 4.69) is 51.4 Å². The molecule has 0 spiro atoms. The third kappa shape index (κ3) is 12.1. The molecule has 0 atom stereocenters. The summed E-state index contributed by atoms with van der Waals surface area (Å²) in [5.74, 6) is 1.58. The molecule has 1 aliphatic heterocycles. The van der Waals surface area contributed by atoms with E-state index >= 15 is 0 Å². The van der Waals surface area contributed by atoms with E-state index in [9.17, 15) is 9.59 Å². The monoisotopic (exact) mass is 665 g/mol. The summed E-state index contributed by atoms with van der Waals surface area (Å²) in [7, 11) is 2.15. The molecule has 2 heterocycles. The fraction of sp³-hybridized carbons (Fsp3) is 0.676. The molecule has 1 aromatic carbocycles. The Hall–Kier alpha value is -3.60. The van der Waals surface area contributed by atoms with Gasteiger partial charge in [0.05, 0.1) is 0 Å². The number of anilines is 2. The first kappa shape index (κ1) is 37.2. The van der Waals surface area contributed by atoms with Crippen molar-refractivity contribution in [2.45, 2.75) is 117 Å². The zero-order valence-electron chi connectivity index (χ0n) is 30.7. The van der Waals surface area contributed by atoms with E-state index in [0.717, 1.165) is 74.5 Å². The maximum atomic E-state index is 13.3. The molecule has 2 aliphatic rings. The van der Waals surface area contributed by atoms with Gasteiger partial charge in [-0.2, -0.15) is 4.98 Å². The highest BCUT2D eigenvalue weighted by molar-refractivity contribution is 5.69. The van der Waals surface area contributed by atoms with Gasteiger partial charge in [0, 0.05) is 70.2 Å².